The molecule has 2 N–H and O–H groups in total. The summed E-state index contributed by atoms with van der Waals surface area (Å²) in [7, 11) is 1.52. The molecule has 0 aliphatic carbocycles. The van der Waals surface area contributed by atoms with Gasteiger partial charge in [0.1, 0.15) is 5.75 Å². The van der Waals surface area contributed by atoms with Crippen LogP contribution in [0.1, 0.15) is 28.4 Å². The summed E-state index contributed by atoms with van der Waals surface area (Å²) >= 11 is 0. The van der Waals surface area contributed by atoms with Gasteiger partial charge in [0.05, 0.1) is 19.6 Å². The smallest absolute Gasteiger partial charge is 0.305 e. The van der Waals surface area contributed by atoms with E-state index in [0.29, 0.717) is 16.9 Å². The van der Waals surface area contributed by atoms with Gasteiger partial charge in [0.15, 0.2) is 0 Å². The van der Waals surface area contributed by atoms with Gasteiger partial charge in [-0.1, -0.05) is 6.07 Å². The summed E-state index contributed by atoms with van der Waals surface area (Å²) in [6, 6.07) is 4.62. The van der Waals surface area contributed by atoms with E-state index < -0.39 is 12.0 Å². The molecule has 0 saturated heterocycles. The van der Waals surface area contributed by atoms with Crippen LogP contribution in [0.15, 0.2) is 18.2 Å². The zero-order valence-electron chi connectivity index (χ0n) is 8.69. The van der Waals surface area contributed by atoms with Gasteiger partial charge in [-0.3, -0.25) is 9.59 Å². The molecule has 1 aliphatic heterocycles. The molecule has 0 saturated carbocycles. The maximum absolute atomic E-state index is 11.6. The molecule has 0 fully saturated rings. The van der Waals surface area contributed by atoms with E-state index in [-0.39, 0.29) is 12.3 Å². The van der Waals surface area contributed by atoms with Crippen molar-refractivity contribution < 1.29 is 19.4 Å². The molecule has 1 aromatic rings. The Morgan fingerprint density at radius 3 is 2.94 bits per heavy atom. The second kappa shape index (κ2) is 3.84. The first-order valence-electron chi connectivity index (χ1n) is 4.82. The van der Waals surface area contributed by atoms with Crippen LogP contribution in [0.4, 0.5) is 0 Å². The Labute approximate surface area is 92.0 Å². The zero-order chi connectivity index (χ0) is 11.7. The highest BCUT2D eigenvalue weighted by atomic mass is 16.5. The van der Waals surface area contributed by atoms with Crippen LogP contribution in [0, 0.1) is 0 Å². The second-order valence-electron chi connectivity index (χ2n) is 3.58. The van der Waals surface area contributed by atoms with E-state index in [2.05, 4.69) is 5.32 Å². The molecule has 16 heavy (non-hydrogen) atoms. The number of rotatable bonds is 3. The number of amides is 1. The zero-order valence-corrected chi connectivity index (χ0v) is 8.69. The van der Waals surface area contributed by atoms with Crippen molar-refractivity contribution in [3.63, 3.8) is 0 Å². The Kier molecular flexibility index (Phi) is 2.52. The SMILES string of the molecule is COc1ccc2c(c1)C(=O)N[C@@H]2CC(=O)O. The lowest BCUT2D eigenvalue weighted by Gasteiger charge is -2.08. The number of benzene rings is 1. The average molecular weight is 221 g/mol. The summed E-state index contributed by atoms with van der Waals surface area (Å²) in [6.45, 7) is 0. The first kappa shape index (κ1) is 10.5. The number of carbonyl (C=O) groups is 2. The van der Waals surface area contributed by atoms with Gasteiger partial charge in [-0.05, 0) is 17.7 Å². The number of aliphatic carboxylic acids is 1. The lowest BCUT2D eigenvalue weighted by atomic mass is 10.0. The third kappa shape index (κ3) is 1.71. The van der Waals surface area contributed by atoms with Crippen LogP contribution in [0.3, 0.4) is 0 Å². The fraction of sp³-hybridized carbons (Fsp3) is 0.273. The summed E-state index contributed by atoms with van der Waals surface area (Å²) in [5, 5.41) is 11.3. The monoisotopic (exact) mass is 221 g/mol. The average Bonchev–Trinajstić information content (AvgIpc) is 2.54. The van der Waals surface area contributed by atoms with Crippen molar-refractivity contribution in [1.82, 2.24) is 5.32 Å². The minimum absolute atomic E-state index is 0.106. The number of fused-ring (bicyclic) bond motifs is 1. The number of carboxylic acids is 1. The maximum atomic E-state index is 11.6. The van der Waals surface area contributed by atoms with E-state index in [1.165, 1.54) is 7.11 Å². The highest BCUT2D eigenvalue weighted by Gasteiger charge is 2.30. The van der Waals surface area contributed by atoms with Crippen molar-refractivity contribution >= 4 is 11.9 Å². The molecule has 0 bridgehead atoms. The summed E-state index contributed by atoms with van der Waals surface area (Å²) in [5.74, 6) is -0.598. The van der Waals surface area contributed by atoms with Crippen molar-refractivity contribution in [2.75, 3.05) is 7.11 Å². The summed E-state index contributed by atoms with van der Waals surface area (Å²) in [6.07, 6.45) is -0.106. The van der Waals surface area contributed by atoms with Gasteiger partial charge in [-0.2, -0.15) is 0 Å². The molecule has 5 heteroatoms. The minimum Gasteiger partial charge on any atom is -0.497 e. The first-order valence-corrected chi connectivity index (χ1v) is 4.82. The Bertz CT molecular complexity index is 455. The minimum atomic E-state index is -0.936. The summed E-state index contributed by atoms with van der Waals surface area (Å²) in [5.41, 5.74) is 1.21. The van der Waals surface area contributed by atoms with Crippen molar-refractivity contribution in [2.45, 2.75) is 12.5 Å². The predicted molar refractivity (Wildman–Crippen MR) is 55.5 cm³/mol. The normalized spacial score (nSPS) is 17.8. The van der Waals surface area contributed by atoms with Crippen LogP contribution in [-0.4, -0.2) is 24.1 Å². The van der Waals surface area contributed by atoms with Crippen LogP contribution < -0.4 is 10.1 Å². The maximum Gasteiger partial charge on any atom is 0.305 e. The highest BCUT2D eigenvalue weighted by Crippen LogP contribution is 2.30. The van der Waals surface area contributed by atoms with Crippen molar-refractivity contribution in [3.8, 4) is 5.75 Å². The molecule has 1 heterocycles. The molecular formula is C11H11NO4. The molecule has 1 aliphatic rings. The number of nitrogens with one attached hydrogen (secondary N) is 1. The van der Waals surface area contributed by atoms with Crippen molar-refractivity contribution in [3.05, 3.63) is 29.3 Å². The number of ether oxygens (including phenoxy) is 1. The van der Waals surface area contributed by atoms with E-state index in [9.17, 15) is 9.59 Å². The third-order valence-electron chi connectivity index (χ3n) is 2.56. The molecule has 1 amide bonds. The molecule has 2 rings (SSSR count). The van der Waals surface area contributed by atoms with Crippen molar-refractivity contribution in [2.24, 2.45) is 0 Å². The van der Waals surface area contributed by atoms with Gasteiger partial charge in [0.2, 0.25) is 0 Å². The number of carbonyl (C=O) groups excluding carboxylic acids is 1. The van der Waals surface area contributed by atoms with E-state index in [1.54, 1.807) is 18.2 Å². The first-order chi connectivity index (χ1) is 7.61. The Morgan fingerprint density at radius 2 is 2.31 bits per heavy atom. The number of methoxy groups -OCH3 is 1. The molecular weight excluding hydrogens is 210 g/mol. The van der Waals surface area contributed by atoms with Gasteiger partial charge in [0.25, 0.3) is 5.91 Å². The highest BCUT2D eigenvalue weighted by molar-refractivity contribution is 6.00. The number of carboxylic acid groups (broad SMARTS) is 1. The number of hydrogen-bond acceptors (Lipinski definition) is 3. The molecule has 0 spiro atoms. The van der Waals surface area contributed by atoms with Crippen LogP contribution in [0.5, 0.6) is 5.75 Å². The van der Waals surface area contributed by atoms with E-state index in [0.717, 1.165) is 0 Å². The third-order valence-corrected chi connectivity index (χ3v) is 2.56. The fourth-order valence-corrected chi connectivity index (χ4v) is 1.81. The van der Waals surface area contributed by atoms with Crippen LogP contribution in [0.2, 0.25) is 0 Å². The molecule has 84 valence electrons. The fourth-order valence-electron chi connectivity index (χ4n) is 1.81. The van der Waals surface area contributed by atoms with Gasteiger partial charge < -0.3 is 15.2 Å². The second-order valence-corrected chi connectivity index (χ2v) is 3.58. The van der Waals surface area contributed by atoms with E-state index >= 15 is 0 Å². The Balaban J connectivity index is 2.36. The molecule has 5 nitrogen and oxygen atoms in total. The predicted octanol–water partition coefficient (Wildman–Crippen LogP) is 0.954. The largest absolute Gasteiger partial charge is 0.497 e. The summed E-state index contributed by atoms with van der Waals surface area (Å²) < 4.78 is 5.01. The molecule has 1 atom stereocenters. The van der Waals surface area contributed by atoms with Gasteiger partial charge in [0, 0.05) is 5.56 Å². The van der Waals surface area contributed by atoms with Crippen LogP contribution in [0.25, 0.3) is 0 Å². The topological polar surface area (TPSA) is 75.6 Å². The van der Waals surface area contributed by atoms with E-state index in [4.69, 9.17) is 9.84 Å². The number of hydrogen-bond donors (Lipinski definition) is 2. The Hall–Kier alpha value is -2.04. The summed E-state index contributed by atoms with van der Waals surface area (Å²) in [4.78, 5) is 22.2. The lowest BCUT2D eigenvalue weighted by Crippen LogP contribution is -2.21. The molecule has 1 aromatic carbocycles. The van der Waals surface area contributed by atoms with Gasteiger partial charge >= 0.3 is 5.97 Å². The molecule has 0 aromatic heterocycles. The Morgan fingerprint density at radius 1 is 1.56 bits per heavy atom. The quantitative estimate of drug-likeness (QED) is 0.796. The van der Waals surface area contributed by atoms with Crippen LogP contribution in [-0.2, 0) is 4.79 Å². The standard InChI is InChI=1S/C11H11NO4/c1-16-6-2-3-7-8(4-6)11(15)12-9(7)5-10(13)14/h2-4,9H,5H2,1H3,(H,12,15)(H,13,14)/t9-/m1/s1. The van der Waals surface area contributed by atoms with Crippen LogP contribution >= 0.6 is 0 Å². The molecule has 0 radical (unpaired) electrons. The lowest BCUT2D eigenvalue weighted by molar-refractivity contribution is -0.137. The van der Waals surface area contributed by atoms with Crippen molar-refractivity contribution in [1.29, 1.82) is 0 Å². The van der Waals surface area contributed by atoms with Gasteiger partial charge in [-0.25, -0.2) is 0 Å². The van der Waals surface area contributed by atoms with Gasteiger partial charge in [-0.15, -0.1) is 0 Å². The van der Waals surface area contributed by atoms with E-state index in [1.807, 2.05) is 0 Å². The molecule has 0 unspecified atom stereocenters.